The molecule has 1 amide bonds. The summed E-state index contributed by atoms with van der Waals surface area (Å²) in [6.07, 6.45) is 13.7. The lowest BCUT2D eigenvalue weighted by molar-refractivity contribution is -0.258. The number of hydrogen-bond donors (Lipinski definition) is 5. The number of esters is 1. The Bertz CT molecular complexity index is 2040. The number of carboxylic acid groups (broad SMARTS) is 1. The van der Waals surface area contributed by atoms with Crippen molar-refractivity contribution < 1.29 is 48.7 Å². The summed E-state index contributed by atoms with van der Waals surface area (Å²) in [4.78, 5) is 57.8. The van der Waals surface area contributed by atoms with Crippen LogP contribution in [0.1, 0.15) is 103 Å². The number of halogens is 2. The molecule has 2 saturated heterocycles. The van der Waals surface area contributed by atoms with E-state index >= 15 is 4.79 Å². The summed E-state index contributed by atoms with van der Waals surface area (Å²) < 4.78 is 19.4. The fourth-order valence-electron chi connectivity index (χ4n) is 11.4. The molecule has 14 heteroatoms. The van der Waals surface area contributed by atoms with Crippen molar-refractivity contribution in [2.45, 2.75) is 129 Å². The lowest BCUT2D eigenvalue weighted by atomic mass is 9.51. The molecular weight excluding hydrogens is 799 g/mol. The Kier molecular flexibility index (Phi) is 12.0. The largest absolute Gasteiger partial charge is 0.511 e. The third kappa shape index (κ3) is 7.14. The molecule has 3 heterocycles. The van der Waals surface area contributed by atoms with Gasteiger partial charge in [-0.25, -0.2) is 9.59 Å². The quantitative estimate of drug-likeness (QED) is 0.102. The molecule has 12 nitrogen and oxygen atoms in total. The number of aromatic nitrogens is 1. The Morgan fingerprint density at radius 1 is 1.10 bits per heavy atom. The number of carbonyl (C=O) groups is 4. The van der Waals surface area contributed by atoms with Crippen LogP contribution >= 0.6 is 23.2 Å². The molecule has 59 heavy (non-hydrogen) atoms. The van der Waals surface area contributed by atoms with Crippen LogP contribution < -0.4 is 5.32 Å². The third-order valence-corrected chi connectivity index (χ3v) is 15.3. The Labute approximate surface area is 355 Å². The van der Waals surface area contributed by atoms with Gasteiger partial charge in [0, 0.05) is 35.9 Å². The molecule has 6 aliphatic rings. The number of ether oxygens (including phenoxy) is 3. The summed E-state index contributed by atoms with van der Waals surface area (Å²) >= 11 is 12.2. The van der Waals surface area contributed by atoms with Gasteiger partial charge < -0.3 is 39.8 Å². The smallest absolute Gasteiger partial charge is 0.346 e. The van der Waals surface area contributed by atoms with Gasteiger partial charge in [0.15, 0.2) is 11.9 Å². The van der Waals surface area contributed by atoms with Gasteiger partial charge in [-0.1, -0.05) is 86.0 Å². The van der Waals surface area contributed by atoms with Gasteiger partial charge in [-0.05, 0) is 83.0 Å². The minimum absolute atomic E-state index is 0.0225. The van der Waals surface area contributed by atoms with E-state index in [0.29, 0.717) is 32.1 Å². The van der Waals surface area contributed by atoms with E-state index in [1.807, 2.05) is 26.8 Å². The van der Waals surface area contributed by atoms with Crippen LogP contribution in [-0.2, 0) is 28.6 Å². The molecule has 320 valence electrons. The van der Waals surface area contributed by atoms with Crippen LogP contribution in [0.25, 0.3) is 0 Å². The van der Waals surface area contributed by atoms with Crippen LogP contribution in [0, 0.1) is 40.4 Å². The maximum absolute atomic E-state index is 15.2. The number of nitrogens with one attached hydrogen (secondary N) is 2. The van der Waals surface area contributed by atoms with Gasteiger partial charge in [0.25, 0.3) is 5.91 Å². The predicted molar refractivity (Wildman–Crippen MR) is 220 cm³/mol. The zero-order chi connectivity index (χ0) is 42.8. The van der Waals surface area contributed by atoms with E-state index in [9.17, 15) is 29.7 Å². The number of fused-ring (bicyclic) bond motifs is 4. The third-order valence-electron chi connectivity index (χ3n) is 14.5. The van der Waals surface area contributed by atoms with Crippen molar-refractivity contribution in [3.63, 3.8) is 0 Å². The normalized spacial score (nSPS) is 41.1. The van der Waals surface area contributed by atoms with Gasteiger partial charge in [-0.15, -0.1) is 0 Å². The number of Topliss-reactive ketones (excluding diaryl/α,β-unsaturated/α-hetero) is 1. The summed E-state index contributed by atoms with van der Waals surface area (Å²) in [5, 5.41) is 37.5. The molecule has 2 bridgehead atoms. The summed E-state index contributed by atoms with van der Waals surface area (Å²) in [7, 11) is 0. The maximum Gasteiger partial charge on any atom is 0.346 e. The van der Waals surface area contributed by atoms with Crippen LogP contribution in [0.15, 0.2) is 65.1 Å². The number of carbonyl (C=O) groups excluding carboxylic acids is 3. The first-order chi connectivity index (χ1) is 27.9. The number of H-pyrrole nitrogens is 1. The Morgan fingerprint density at radius 2 is 1.85 bits per heavy atom. The van der Waals surface area contributed by atoms with E-state index in [1.165, 1.54) is 6.20 Å². The average Bonchev–Trinajstić information content (AvgIpc) is 3.65. The van der Waals surface area contributed by atoms with E-state index in [0.717, 1.165) is 12.0 Å². The van der Waals surface area contributed by atoms with Gasteiger partial charge in [-0.3, -0.25) is 9.59 Å². The van der Waals surface area contributed by atoms with Crippen molar-refractivity contribution in [1.82, 2.24) is 10.3 Å². The summed E-state index contributed by atoms with van der Waals surface area (Å²) in [6.45, 7) is 11.4. The number of aromatic amines is 1. The molecule has 4 aliphatic carbocycles. The summed E-state index contributed by atoms with van der Waals surface area (Å²) in [6, 6.07) is -0.761. The first kappa shape index (κ1) is 43.4. The molecule has 2 aliphatic heterocycles. The molecule has 0 aromatic carbocycles. The van der Waals surface area contributed by atoms with Crippen molar-refractivity contribution in [2.75, 3.05) is 0 Å². The predicted octanol–water partition coefficient (Wildman–Crippen LogP) is 7.97. The average molecular weight is 856 g/mol. The number of aliphatic hydroxyl groups is 2. The first-order valence-corrected chi connectivity index (χ1v) is 21.7. The highest BCUT2D eigenvalue weighted by Gasteiger charge is 2.67. The number of carboxylic acids is 1. The highest BCUT2D eigenvalue weighted by molar-refractivity contribution is 6.43. The molecule has 1 spiro atoms. The lowest BCUT2D eigenvalue weighted by Gasteiger charge is -2.55. The van der Waals surface area contributed by atoms with Crippen molar-refractivity contribution >= 4 is 46.8 Å². The Morgan fingerprint density at radius 3 is 2.49 bits per heavy atom. The van der Waals surface area contributed by atoms with E-state index < -0.39 is 76.6 Å². The Balaban J connectivity index is 1.23. The minimum Gasteiger partial charge on any atom is -0.511 e. The second kappa shape index (κ2) is 16.3. The van der Waals surface area contributed by atoms with Gasteiger partial charge in [0.05, 0.1) is 39.8 Å². The lowest BCUT2D eigenvalue weighted by Crippen LogP contribution is -2.58. The molecule has 13 atom stereocenters. The van der Waals surface area contributed by atoms with Gasteiger partial charge in [0.2, 0.25) is 5.78 Å². The van der Waals surface area contributed by atoms with E-state index in [1.54, 1.807) is 19.9 Å². The van der Waals surface area contributed by atoms with Crippen molar-refractivity contribution in [3.05, 3.63) is 80.9 Å². The number of aliphatic carboxylic acids is 1. The fourth-order valence-corrected chi connectivity index (χ4v) is 11.7. The van der Waals surface area contributed by atoms with E-state index in [-0.39, 0.29) is 69.2 Å². The molecule has 1 aromatic heterocycles. The summed E-state index contributed by atoms with van der Waals surface area (Å²) in [5.74, 6) is -4.71. The molecule has 1 saturated carbocycles. The standard InChI is InChI=1S/C45H56Cl2N2O10/c1-7-25-19-45-39(52)33(42(56)59-45)38(51)44(8-2)26(12-10-9-11-22(3)18-43(45,6)20-28(25)41(54)55)14-15-27-29(44)16-13-23(4)37(27)58-32-17-31(50)35(24(5)57-32)49-40(53)36-34(47)30(46)21-48-36/h9-10,14-15,18,20-21,23-27,29,31-32,35,37,48,50-51H,7-8,11-13,16-17,19H2,1-6H3,(H,49,53)(H,54,55)/b10-9+,22-18+,38-33?. The molecular formula is C45H56Cl2N2O10. The monoisotopic (exact) mass is 854 g/mol. The van der Waals surface area contributed by atoms with Crippen LogP contribution in [0.5, 0.6) is 0 Å². The number of ketones is 1. The van der Waals surface area contributed by atoms with Crippen molar-refractivity contribution in [3.8, 4) is 0 Å². The Hall–Kier alpha value is -3.68. The minimum atomic E-state index is -1.75. The number of amides is 1. The fraction of sp³-hybridized carbons (Fsp3) is 0.600. The number of hydrogen-bond acceptors (Lipinski definition) is 9. The highest BCUT2D eigenvalue weighted by Crippen LogP contribution is 2.61. The first-order valence-electron chi connectivity index (χ1n) is 20.9. The molecule has 5 N–H and O–H groups in total. The SMILES string of the molecule is CCC1CC23OC(=O)C(=C(O)C4(CC)C(C=CC5C(OC6CC(O)C(NC(=O)c7[nH]cc(Cl)c7Cl)C(C)O6)C(C)CCC54)C/C=C/C/C(C)=C/C2(C)C=C1C(=O)O)C3=O. The second-order valence-electron chi connectivity index (χ2n) is 17.8. The van der Waals surface area contributed by atoms with Gasteiger partial charge in [-0.2, -0.15) is 0 Å². The van der Waals surface area contributed by atoms with Crippen molar-refractivity contribution in [2.24, 2.45) is 40.4 Å². The van der Waals surface area contributed by atoms with Crippen LogP contribution in [0.2, 0.25) is 10.0 Å². The zero-order valence-corrected chi connectivity index (χ0v) is 35.9. The maximum atomic E-state index is 15.2. The topological polar surface area (TPSA) is 184 Å². The van der Waals surface area contributed by atoms with Crippen LogP contribution in [0.3, 0.4) is 0 Å². The zero-order valence-electron chi connectivity index (χ0n) is 34.4. The summed E-state index contributed by atoms with van der Waals surface area (Å²) in [5.41, 5.74) is -3.32. The molecule has 1 aromatic rings. The molecule has 3 fully saturated rings. The van der Waals surface area contributed by atoms with Crippen molar-refractivity contribution in [1.29, 1.82) is 0 Å². The molecule has 0 radical (unpaired) electrons. The number of aliphatic hydroxyl groups excluding tert-OH is 2. The second-order valence-corrected chi connectivity index (χ2v) is 18.6. The highest BCUT2D eigenvalue weighted by atomic mass is 35.5. The van der Waals surface area contributed by atoms with Crippen LogP contribution in [-0.4, -0.2) is 80.2 Å². The van der Waals surface area contributed by atoms with Crippen LogP contribution in [0.4, 0.5) is 0 Å². The van der Waals surface area contributed by atoms with E-state index in [2.05, 4.69) is 41.5 Å². The van der Waals surface area contributed by atoms with Gasteiger partial charge >= 0.3 is 11.9 Å². The molecule has 7 rings (SSSR count). The molecule has 13 unspecified atom stereocenters. The van der Waals surface area contributed by atoms with E-state index in [4.69, 9.17) is 37.4 Å². The number of rotatable bonds is 7. The number of allylic oxidation sites excluding steroid dienone is 5. The van der Waals surface area contributed by atoms with Gasteiger partial charge in [0.1, 0.15) is 17.0 Å².